The number of non-ortho nitro benzene ring substituents is 1. The van der Waals surface area contributed by atoms with Crippen LogP contribution in [-0.2, 0) is 6.61 Å². The molecule has 0 unspecified atom stereocenters. The zero-order valence-electron chi connectivity index (χ0n) is 19.6. The summed E-state index contributed by atoms with van der Waals surface area (Å²) in [6.45, 7) is 2.30. The molecule has 1 amide bonds. The first kappa shape index (κ1) is 25.2. The number of nitrogens with zero attached hydrogens (tertiary/aromatic N) is 3. The molecule has 0 saturated carbocycles. The van der Waals surface area contributed by atoms with Crippen LogP contribution in [0.2, 0.25) is 0 Å². The molecular weight excluding hydrogens is 528 g/mol. The maximum atomic E-state index is 12.5. The van der Waals surface area contributed by atoms with Crippen LogP contribution in [0, 0.1) is 10.1 Å². The average molecular weight is 553 g/mol. The summed E-state index contributed by atoms with van der Waals surface area (Å²) in [4.78, 5) is 25.1. The highest BCUT2D eigenvalue weighted by Crippen LogP contribution is 2.37. The van der Waals surface area contributed by atoms with Crippen LogP contribution >= 0.6 is 15.9 Å². The molecule has 0 bridgehead atoms. The smallest absolute Gasteiger partial charge is 0.271 e. The lowest BCUT2D eigenvalue weighted by atomic mass is 10.2. The Labute approximate surface area is 217 Å². The molecule has 1 N–H and O–H groups in total. The monoisotopic (exact) mass is 552 g/mol. The summed E-state index contributed by atoms with van der Waals surface area (Å²) in [6.07, 6.45) is 3.92. The molecular formula is C26H25BrN4O5. The standard InChI is InChI=1S/C26H25BrN4O5/c1-35-24-15-19(14-23(27)25(24)36-17-18-4-8-22(9-5-18)31(33)34)16-28-29-26(32)20-6-10-21(11-7-20)30-12-2-3-13-30/h4-11,14-16H,2-3,12-13,17H2,1H3,(H,29,32)/b28-16-. The first-order valence-corrected chi connectivity index (χ1v) is 12.2. The predicted molar refractivity (Wildman–Crippen MR) is 141 cm³/mol. The summed E-state index contributed by atoms with van der Waals surface area (Å²) in [5.74, 6) is 0.653. The van der Waals surface area contributed by atoms with E-state index in [1.807, 2.05) is 12.1 Å². The number of carbonyl (C=O) groups is 1. The number of hydrogen-bond acceptors (Lipinski definition) is 7. The number of nitro benzene ring substituents is 1. The van der Waals surface area contributed by atoms with Crippen molar-refractivity contribution in [2.75, 3.05) is 25.1 Å². The molecule has 3 aromatic carbocycles. The van der Waals surface area contributed by atoms with Crippen LogP contribution in [-0.4, -0.2) is 37.2 Å². The lowest BCUT2D eigenvalue weighted by molar-refractivity contribution is -0.384. The largest absolute Gasteiger partial charge is 0.493 e. The van der Waals surface area contributed by atoms with Gasteiger partial charge in [0.1, 0.15) is 6.61 Å². The third-order valence-corrected chi connectivity index (χ3v) is 6.35. The molecule has 1 fully saturated rings. The van der Waals surface area contributed by atoms with Gasteiger partial charge >= 0.3 is 0 Å². The second-order valence-corrected chi connectivity index (χ2v) is 9.04. The zero-order chi connectivity index (χ0) is 25.5. The zero-order valence-corrected chi connectivity index (χ0v) is 21.2. The maximum absolute atomic E-state index is 12.5. The van der Waals surface area contributed by atoms with Crippen molar-refractivity contribution in [2.45, 2.75) is 19.4 Å². The second-order valence-electron chi connectivity index (χ2n) is 8.19. The maximum Gasteiger partial charge on any atom is 0.271 e. The Hall–Kier alpha value is -3.92. The quantitative estimate of drug-likeness (QED) is 0.219. The van der Waals surface area contributed by atoms with Crippen molar-refractivity contribution < 1.29 is 19.2 Å². The molecule has 0 aliphatic carbocycles. The number of nitrogens with one attached hydrogen (secondary N) is 1. The highest BCUT2D eigenvalue weighted by atomic mass is 79.9. The van der Waals surface area contributed by atoms with E-state index in [1.165, 1.54) is 38.3 Å². The van der Waals surface area contributed by atoms with Gasteiger partial charge in [-0.25, -0.2) is 5.43 Å². The van der Waals surface area contributed by atoms with Crippen molar-refractivity contribution in [3.05, 3.63) is 91.9 Å². The Morgan fingerprint density at radius 1 is 1.14 bits per heavy atom. The van der Waals surface area contributed by atoms with Crippen LogP contribution in [0.3, 0.4) is 0 Å². The van der Waals surface area contributed by atoms with Gasteiger partial charge in [-0.2, -0.15) is 5.10 Å². The Morgan fingerprint density at radius 2 is 1.83 bits per heavy atom. The van der Waals surface area contributed by atoms with Gasteiger partial charge in [0.15, 0.2) is 11.5 Å². The van der Waals surface area contributed by atoms with Crippen LogP contribution in [0.1, 0.15) is 34.3 Å². The van der Waals surface area contributed by atoms with Crippen molar-refractivity contribution in [1.82, 2.24) is 5.43 Å². The highest BCUT2D eigenvalue weighted by molar-refractivity contribution is 9.10. The SMILES string of the molecule is COc1cc(/C=N\NC(=O)c2ccc(N3CCCC3)cc2)cc(Br)c1OCc1ccc([N+](=O)[O-])cc1. The van der Waals surface area contributed by atoms with Crippen molar-refractivity contribution >= 4 is 39.4 Å². The molecule has 1 aliphatic rings. The number of nitro groups is 1. The average Bonchev–Trinajstić information content (AvgIpc) is 3.43. The van der Waals surface area contributed by atoms with Gasteiger partial charge in [-0.15, -0.1) is 0 Å². The van der Waals surface area contributed by atoms with Crippen LogP contribution in [0.25, 0.3) is 0 Å². The van der Waals surface area contributed by atoms with Gasteiger partial charge < -0.3 is 14.4 Å². The number of rotatable bonds is 9. The predicted octanol–water partition coefficient (Wildman–Crippen LogP) is 5.31. The van der Waals surface area contributed by atoms with Crippen molar-refractivity contribution in [3.8, 4) is 11.5 Å². The minimum atomic E-state index is -0.446. The van der Waals surface area contributed by atoms with Gasteiger partial charge in [0.2, 0.25) is 0 Å². The molecule has 3 aromatic rings. The second kappa shape index (κ2) is 11.7. The summed E-state index contributed by atoms with van der Waals surface area (Å²) in [7, 11) is 1.52. The molecule has 0 atom stereocenters. The number of ether oxygens (including phenoxy) is 2. The lowest BCUT2D eigenvalue weighted by Crippen LogP contribution is -2.19. The van der Waals surface area contributed by atoms with Gasteiger partial charge in [0, 0.05) is 36.5 Å². The van der Waals surface area contributed by atoms with Crippen LogP contribution in [0.4, 0.5) is 11.4 Å². The molecule has 1 heterocycles. The molecule has 1 saturated heterocycles. The van der Waals surface area contributed by atoms with Gasteiger partial charge in [-0.1, -0.05) is 0 Å². The fourth-order valence-corrected chi connectivity index (χ4v) is 4.43. The number of halogens is 1. The molecule has 9 nitrogen and oxygen atoms in total. The number of benzene rings is 3. The molecule has 1 aliphatic heterocycles. The molecule has 36 heavy (non-hydrogen) atoms. The van der Waals surface area contributed by atoms with E-state index in [0.29, 0.717) is 27.1 Å². The first-order valence-electron chi connectivity index (χ1n) is 11.4. The number of methoxy groups -OCH3 is 1. The van der Waals surface area contributed by atoms with Gasteiger partial charge in [0.25, 0.3) is 11.6 Å². The summed E-state index contributed by atoms with van der Waals surface area (Å²) in [5.41, 5.74) is 5.69. The van der Waals surface area contributed by atoms with E-state index in [2.05, 4.69) is 31.4 Å². The van der Waals surface area contributed by atoms with Crippen molar-refractivity contribution in [2.24, 2.45) is 5.10 Å². The summed E-state index contributed by atoms with van der Waals surface area (Å²) in [5, 5.41) is 14.9. The van der Waals surface area contributed by atoms with E-state index < -0.39 is 4.92 Å². The molecule has 186 valence electrons. The number of amides is 1. The Balaban J connectivity index is 1.37. The normalized spacial score (nSPS) is 13.1. The number of anilines is 1. The van der Waals surface area contributed by atoms with Crippen LogP contribution < -0.4 is 19.8 Å². The number of hydrogen-bond donors (Lipinski definition) is 1. The van der Waals surface area contributed by atoms with Crippen LogP contribution in [0.5, 0.6) is 11.5 Å². The summed E-state index contributed by atoms with van der Waals surface area (Å²) < 4.78 is 12.0. The Morgan fingerprint density at radius 3 is 2.47 bits per heavy atom. The van der Waals surface area contributed by atoms with E-state index in [0.717, 1.165) is 24.3 Å². The Bertz CT molecular complexity index is 1260. The number of carbonyl (C=O) groups excluding carboxylic acids is 1. The number of hydrazone groups is 1. The molecule has 0 aromatic heterocycles. The minimum absolute atomic E-state index is 0.0207. The van der Waals surface area contributed by atoms with Crippen molar-refractivity contribution in [1.29, 1.82) is 0 Å². The molecule has 0 radical (unpaired) electrons. The fourth-order valence-electron chi connectivity index (χ4n) is 3.85. The van der Waals surface area contributed by atoms with E-state index >= 15 is 0 Å². The summed E-state index contributed by atoms with van der Waals surface area (Å²) in [6, 6.07) is 17.2. The van der Waals surface area contributed by atoms with E-state index in [9.17, 15) is 14.9 Å². The minimum Gasteiger partial charge on any atom is -0.493 e. The van der Waals surface area contributed by atoms with E-state index in [-0.39, 0.29) is 18.2 Å². The van der Waals surface area contributed by atoms with E-state index in [1.54, 1.807) is 36.4 Å². The first-order chi connectivity index (χ1) is 17.4. The lowest BCUT2D eigenvalue weighted by Gasteiger charge is -2.17. The topological polar surface area (TPSA) is 106 Å². The molecule has 10 heteroatoms. The van der Waals surface area contributed by atoms with Crippen molar-refractivity contribution in [3.63, 3.8) is 0 Å². The van der Waals surface area contributed by atoms with Gasteiger partial charge in [-0.05, 0) is 88.4 Å². The molecule has 0 spiro atoms. The Kier molecular flexibility index (Phi) is 8.17. The van der Waals surface area contributed by atoms with Gasteiger partial charge in [-0.3, -0.25) is 14.9 Å². The van der Waals surface area contributed by atoms with E-state index in [4.69, 9.17) is 9.47 Å². The fraction of sp³-hybridized carbons (Fsp3) is 0.231. The third-order valence-electron chi connectivity index (χ3n) is 5.76. The van der Waals surface area contributed by atoms with Gasteiger partial charge in [0.05, 0.1) is 22.7 Å². The summed E-state index contributed by atoms with van der Waals surface area (Å²) >= 11 is 3.49. The third kappa shape index (κ3) is 6.19. The molecule has 4 rings (SSSR count). The highest BCUT2D eigenvalue weighted by Gasteiger charge is 2.14. The van der Waals surface area contributed by atoms with Crippen LogP contribution in [0.15, 0.2) is 70.2 Å².